The number of aliphatic hydroxyl groups is 1. The summed E-state index contributed by atoms with van der Waals surface area (Å²) in [5, 5.41) is 11.1. The van der Waals surface area contributed by atoms with Crippen molar-refractivity contribution in [1.82, 2.24) is 9.38 Å². The molecule has 0 saturated heterocycles. The lowest BCUT2D eigenvalue weighted by Crippen LogP contribution is -2.18. The number of nitrogens with one attached hydrogen (secondary N) is 1. The van der Waals surface area contributed by atoms with Crippen molar-refractivity contribution in [3.8, 4) is 16.9 Å². The van der Waals surface area contributed by atoms with Crippen molar-refractivity contribution in [2.75, 3.05) is 6.26 Å². The summed E-state index contributed by atoms with van der Waals surface area (Å²) in [5.74, 6) is -1.07. The van der Waals surface area contributed by atoms with Crippen LogP contribution in [0.25, 0.3) is 16.8 Å². The predicted molar refractivity (Wildman–Crippen MR) is 125 cm³/mol. The fraction of sp³-hybridized carbons (Fsp3) is 0.240. The summed E-state index contributed by atoms with van der Waals surface area (Å²) in [7, 11) is -2.91. The van der Waals surface area contributed by atoms with E-state index in [-0.39, 0.29) is 23.4 Å². The minimum Gasteiger partial charge on any atom is -0.435 e. The first-order valence-electron chi connectivity index (χ1n) is 10.8. The van der Waals surface area contributed by atoms with Crippen molar-refractivity contribution < 1.29 is 27.2 Å². The molecule has 0 bridgehead atoms. The molecule has 1 aliphatic carbocycles. The van der Waals surface area contributed by atoms with E-state index < -0.39 is 33.7 Å². The number of hydrogen-bond donors (Lipinski definition) is 2. The van der Waals surface area contributed by atoms with Crippen molar-refractivity contribution in [1.29, 1.82) is 4.78 Å². The highest BCUT2D eigenvalue weighted by Crippen LogP contribution is 2.49. The van der Waals surface area contributed by atoms with Gasteiger partial charge in [-0.2, -0.15) is 8.78 Å². The van der Waals surface area contributed by atoms with E-state index >= 15 is 4.39 Å². The van der Waals surface area contributed by atoms with Gasteiger partial charge in [-0.05, 0) is 37.1 Å². The second-order valence-electron chi connectivity index (χ2n) is 8.92. The molecule has 0 aliphatic heterocycles. The largest absolute Gasteiger partial charge is 0.435 e. The maximum Gasteiger partial charge on any atom is 0.387 e. The monoisotopic (exact) mass is 501 g/mol. The highest BCUT2D eigenvalue weighted by atomic mass is 32.2. The highest BCUT2D eigenvalue weighted by molar-refractivity contribution is 7.91. The van der Waals surface area contributed by atoms with Crippen LogP contribution in [-0.2, 0) is 15.3 Å². The fourth-order valence-electron chi connectivity index (χ4n) is 4.74. The van der Waals surface area contributed by atoms with Gasteiger partial charge in [-0.3, -0.25) is 0 Å². The number of pyridine rings is 1. The van der Waals surface area contributed by atoms with Crippen LogP contribution in [0.15, 0.2) is 65.7 Å². The van der Waals surface area contributed by atoms with Crippen molar-refractivity contribution in [2.45, 2.75) is 36.4 Å². The average molecular weight is 502 g/mol. The third-order valence-electron chi connectivity index (χ3n) is 6.31. The first kappa shape index (κ1) is 23.4. The summed E-state index contributed by atoms with van der Waals surface area (Å²) in [6.45, 7) is -1.42. The number of rotatable bonds is 5. The molecule has 6 nitrogen and oxygen atoms in total. The van der Waals surface area contributed by atoms with Crippen LogP contribution >= 0.6 is 0 Å². The molecule has 2 N–H and O–H groups in total. The zero-order chi connectivity index (χ0) is 25.1. The number of aromatic nitrogens is 2. The molecule has 0 amide bonds. The number of alkyl halides is 2. The second kappa shape index (κ2) is 8.10. The number of ether oxygens (including phenoxy) is 1. The van der Waals surface area contributed by atoms with E-state index in [4.69, 9.17) is 9.52 Å². The first-order chi connectivity index (χ1) is 16.5. The molecule has 2 unspecified atom stereocenters. The van der Waals surface area contributed by atoms with Gasteiger partial charge in [-0.25, -0.2) is 18.4 Å². The molecule has 2 heterocycles. The molecule has 0 fully saturated rings. The summed E-state index contributed by atoms with van der Waals surface area (Å²) < 4.78 is 67.3. The maximum absolute atomic E-state index is 15.1. The van der Waals surface area contributed by atoms with E-state index in [0.717, 1.165) is 0 Å². The summed E-state index contributed by atoms with van der Waals surface area (Å²) in [5.41, 5.74) is 1.03. The Balaban J connectivity index is 1.69. The van der Waals surface area contributed by atoms with Crippen LogP contribution in [0.5, 0.6) is 5.75 Å². The standard InChI is InChI=1S/C25H22F3N3O3S/c1-25(32)12-17(16-5-3-4-6-20(16)34-24(27)28)22-23(25)30-21-11-19(26)18(13-31(21)22)14-7-9-15(10-8-14)35(2,29)33/h3-11,13,17,24,29,32H,12H2,1-2H3/t17-,25?,35?/m1/s1. The first-order valence-corrected chi connectivity index (χ1v) is 12.7. The molecule has 0 radical (unpaired) electrons. The van der Waals surface area contributed by atoms with Crippen molar-refractivity contribution in [3.05, 3.63) is 83.6 Å². The summed E-state index contributed by atoms with van der Waals surface area (Å²) in [4.78, 5) is 4.81. The van der Waals surface area contributed by atoms with Gasteiger partial charge in [0.2, 0.25) is 0 Å². The molecule has 2 aromatic carbocycles. The van der Waals surface area contributed by atoms with E-state index in [2.05, 4.69) is 4.98 Å². The molecule has 1 aliphatic rings. The summed E-state index contributed by atoms with van der Waals surface area (Å²) in [6.07, 6.45) is 3.05. The van der Waals surface area contributed by atoms with E-state index in [9.17, 15) is 18.1 Å². The molecular weight excluding hydrogens is 479 g/mol. The van der Waals surface area contributed by atoms with E-state index in [1.165, 1.54) is 30.5 Å². The highest BCUT2D eigenvalue weighted by Gasteiger charge is 2.44. The molecule has 0 saturated carbocycles. The van der Waals surface area contributed by atoms with E-state index in [0.29, 0.717) is 27.4 Å². The van der Waals surface area contributed by atoms with Gasteiger partial charge in [0, 0.05) is 40.5 Å². The number of imidazole rings is 1. The summed E-state index contributed by atoms with van der Waals surface area (Å²) >= 11 is 0. The zero-order valence-electron chi connectivity index (χ0n) is 18.8. The number of benzene rings is 2. The third kappa shape index (κ3) is 4.06. The van der Waals surface area contributed by atoms with Crippen molar-refractivity contribution >= 4 is 15.4 Å². The Labute approximate surface area is 200 Å². The molecule has 182 valence electrons. The predicted octanol–water partition coefficient (Wildman–Crippen LogP) is 5.52. The average Bonchev–Trinajstić information content (AvgIpc) is 3.27. The minimum absolute atomic E-state index is 0.00239. The Morgan fingerprint density at radius 2 is 1.91 bits per heavy atom. The number of halogens is 3. The van der Waals surface area contributed by atoms with Gasteiger partial charge < -0.3 is 14.2 Å². The van der Waals surface area contributed by atoms with Gasteiger partial charge in [0.25, 0.3) is 0 Å². The lowest BCUT2D eigenvalue weighted by molar-refractivity contribution is -0.0506. The smallest absolute Gasteiger partial charge is 0.387 e. The molecular formula is C25H22F3N3O3S. The number of fused-ring (bicyclic) bond motifs is 3. The van der Waals surface area contributed by atoms with Crippen LogP contribution in [0, 0.1) is 10.6 Å². The topological polar surface area (TPSA) is 87.7 Å². The van der Waals surface area contributed by atoms with Gasteiger partial charge in [0.15, 0.2) is 0 Å². The van der Waals surface area contributed by atoms with Crippen molar-refractivity contribution in [2.24, 2.45) is 0 Å². The Kier molecular flexibility index (Phi) is 5.41. The maximum atomic E-state index is 15.1. The molecule has 5 rings (SSSR count). The van der Waals surface area contributed by atoms with Crippen LogP contribution in [0.4, 0.5) is 13.2 Å². The molecule has 3 atom stereocenters. The van der Waals surface area contributed by atoms with Crippen LogP contribution in [0.2, 0.25) is 0 Å². The third-order valence-corrected chi connectivity index (χ3v) is 7.49. The van der Waals surface area contributed by atoms with Crippen LogP contribution in [0.3, 0.4) is 0 Å². The van der Waals surface area contributed by atoms with Crippen LogP contribution in [-0.4, -0.2) is 31.6 Å². The van der Waals surface area contributed by atoms with Gasteiger partial charge in [0.05, 0.1) is 21.1 Å². The Morgan fingerprint density at radius 3 is 2.57 bits per heavy atom. The van der Waals surface area contributed by atoms with E-state index in [1.54, 1.807) is 47.9 Å². The Hall–Kier alpha value is -3.37. The second-order valence-corrected chi connectivity index (χ2v) is 11.1. The van der Waals surface area contributed by atoms with Crippen molar-refractivity contribution in [3.63, 3.8) is 0 Å². The normalized spacial score (nSPS) is 21.3. The van der Waals surface area contributed by atoms with Gasteiger partial charge in [-0.1, -0.05) is 30.3 Å². The van der Waals surface area contributed by atoms with Crippen LogP contribution in [0.1, 0.15) is 36.2 Å². The Bertz CT molecular complexity index is 1550. The van der Waals surface area contributed by atoms with Gasteiger partial charge in [-0.15, -0.1) is 0 Å². The summed E-state index contributed by atoms with van der Waals surface area (Å²) in [6, 6.07) is 13.9. The van der Waals surface area contributed by atoms with Crippen LogP contribution < -0.4 is 4.74 Å². The minimum atomic E-state index is -3.01. The number of para-hydroxylation sites is 1. The van der Waals surface area contributed by atoms with Gasteiger partial charge in [0.1, 0.15) is 22.8 Å². The SMILES string of the molecule is CC1(O)C[C@H](c2ccccc2OC(F)F)c2c1nc1cc(F)c(-c3ccc(S(C)(=N)=O)cc3)cn21. The molecule has 4 aromatic rings. The van der Waals surface area contributed by atoms with E-state index in [1.807, 2.05) is 0 Å². The number of nitrogens with zero attached hydrogens (tertiary/aromatic N) is 2. The lowest BCUT2D eigenvalue weighted by atomic mass is 9.93. The Morgan fingerprint density at radius 1 is 1.23 bits per heavy atom. The molecule has 10 heteroatoms. The van der Waals surface area contributed by atoms with Gasteiger partial charge >= 0.3 is 6.61 Å². The molecule has 2 aromatic heterocycles. The molecule has 35 heavy (non-hydrogen) atoms. The number of hydrogen-bond acceptors (Lipinski definition) is 5. The quantitative estimate of drug-likeness (QED) is 0.377. The molecule has 0 spiro atoms. The fourth-order valence-corrected chi connectivity index (χ4v) is 5.39. The zero-order valence-corrected chi connectivity index (χ0v) is 19.7. The lowest BCUT2D eigenvalue weighted by Gasteiger charge is -2.20.